The van der Waals surface area contributed by atoms with Gasteiger partial charge in [-0.25, -0.2) is 4.98 Å². The summed E-state index contributed by atoms with van der Waals surface area (Å²) in [7, 11) is 0. The fourth-order valence-electron chi connectivity index (χ4n) is 4.82. The molecule has 0 radical (unpaired) electrons. The summed E-state index contributed by atoms with van der Waals surface area (Å²) in [6.07, 6.45) is 0.215. The van der Waals surface area contributed by atoms with Gasteiger partial charge in [-0.05, 0) is 48.8 Å². The van der Waals surface area contributed by atoms with Crippen LogP contribution in [0.3, 0.4) is 0 Å². The number of likely N-dealkylation sites (tertiary alicyclic amines) is 1. The number of benzene rings is 1. The van der Waals surface area contributed by atoms with Crippen molar-refractivity contribution < 1.29 is 19.5 Å². The van der Waals surface area contributed by atoms with E-state index in [1.54, 1.807) is 11.3 Å². The van der Waals surface area contributed by atoms with Gasteiger partial charge < -0.3 is 20.6 Å². The summed E-state index contributed by atoms with van der Waals surface area (Å²) in [5.41, 5.74) is 4.11. The lowest BCUT2D eigenvalue weighted by Gasteiger charge is -2.35. The number of aryl methyl sites for hydroxylation is 2. The third-order valence-corrected chi connectivity index (χ3v) is 8.43. The van der Waals surface area contributed by atoms with E-state index in [1.165, 1.54) is 4.90 Å². The molecule has 2 aliphatic rings. The second kappa shape index (κ2) is 10.5. The first-order chi connectivity index (χ1) is 17.9. The summed E-state index contributed by atoms with van der Waals surface area (Å²) < 4.78 is 0. The summed E-state index contributed by atoms with van der Waals surface area (Å²) in [6.45, 7) is 9.72. The fourth-order valence-corrected chi connectivity index (χ4v) is 5.62. The Morgan fingerprint density at radius 2 is 2.00 bits per heavy atom. The normalized spacial score (nSPS) is 20.9. The minimum atomic E-state index is -1.07. The van der Waals surface area contributed by atoms with Crippen LogP contribution in [0.25, 0.3) is 10.4 Å². The number of β-amino-alcohol motifs (C(OH)–C–C–N with tert-alkyl or cyclic N) is 1. The number of aromatic nitrogens is 1. The van der Waals surface area contributed by atoms with Gasteiger partial charge in [0.2, 0.25) is 17.7 Å². The molecule has 9 nitrogen and oxygen atoms in total. The molecular formula is C28H35N5O4S. The van der Waals surface area contributed by atoms with Crippen molar-refractivity contribution in [2.75, 3.05) is 6.54 Å². The molecule has 1 aliphatic carbocycles. The molecule has 2 fully saturated rings. The molecule has 1 aromatic carbocycles. The summed E-state index contributed by atoms with van der Waals surface area (Å²) in [6, 6.07) is 6.32. The molecule has 2 aromatic rings. The van der Waals surface area contributed by atoms with Crippen molar-refractivity contribution in [1.29, 1.82) is 5.26 Å². The molecule has 1 saturated heterocycles. The van der Waals surface area contributed by atoms with Crippen LogP contribution in [-0.4, -0.2) is 57.4 Å². The molecule has 1 aliphatic heterocycles. The zero-order valence-electron chi connectivity index (χ0n) is 22.5. The monoisotopic (exact) mass is 537 g/mol. The van der Waals surface area contributed by atoms with Gasteiger partial charge in [0.25, 0.3) is 0 Å². The molecule has 38 heavy (non-hydrogen) atoms. The van der Waals surface area contributed by atoms with Gasteiger partial charge in [0.1, 0.15) is 17.5 Å². The van der Waals surface area contributed by atoms with Crippen molar-refractivity contribution in [3.8, 4) is 16.5 Å². The van der Waals surface area contributed by atoms with Crippen LogP contribution in [0.5, 0.6) is 0 Å². The van der Waals surface area contributed by atoms with E-state index in [4.69, 9.17) is 0 Å². The Kier molecular flexibility index (Phi) is 7.64. The lowest BCUT2D eigenvalue weighted by molar-refractivity contribution is -0.144. The van der Waals surface area contributed by atoms with Crippen molar-refractivity contribution in [2.45, 2.75) is 78.6 Å². The maximum Gasteiger partial charge on any atom is 0.246 e. The van der Waals surface area contributed by atoms with Crippen LogP contribution in [0.15, 0.2) is 23.7 Å². The number of thiazole rings is 1. The quantitative estimate of drug-likeness (QED) is 0.497. The van der Waals surface area contributed by atoms with Gasteiger partial charge in [0.15, 0.2) is 0 Å². The predicted molar refractivity (Wildman–Crippen MR) is 144 cm³/mol. The summed E-state index contributed by atoms with van der Waals surface area (Å²) in [4.78, 5) is 46.5. The lowest BCUT2D eigenvalue weighted by Crippen LogP contribution is -2.58. The van der Waals surface area contributed by atoms with Crippen LogP contribution < -0.4 is 10.6 Å². The number of nitriles is 1. The predicted octanol–water partition coefficient (Wildman–Crippen LogP) is 2.84. The van der Waals surface area contributed by atoms with E-state index in [0.717, 1.165) is 27.3 Å². The first kappa shape index (κ1) is 27.7. The molecule has 3 amide bonds. The van der Waals surface area contributed by atoms with Gasteiger partial charge in [-0.2, -0.15) is 5.26 Å². The number of rotatable bonds is 7. The third kappa shape index (κ3) is 5.59. The average molecular weight is 538 g/mol. The van der Waals surface area contributed by atoms with Crippen LogP contribution in [0.2, 0.25) is 0 Å². The van der Waals surface area contributed by atoms with E-state index >= 15 is 0 Å². The number of nitrogens with zero attached hydrogens (tertiary/aromatic N) is 3. The summed E-state index contributed by atoms with van der Waals surface area (Å²) >= 11 is 1.58. The second-order valence-electron chi connectivity index (χ2n) is 11.5. The SMILES string of the molecule is Cc1cc(-c2scnc2C)ccc1CNC(=O)[C@@H]1C[C@@H](O)CN1C(=O)[C@@H](NC(=O)C1(C#N)CC1)C(C)(C)C. The largest absolute Gasteiger partial charge is 0.391 e. The Hall–Kier alpha value is -3.29. The first-order valence-corrected chi connectivity index (χ1v) is 13.7. The maximum absolute atomic E-state index is 13.7. The van der Waals surface area contributed by atoms with E-state index in [2.05, 4.69) is 27.8 Å². The summed E-state index contributed by atoms with van der Waals surface area (Å²) in [5.74, 6) is -1.25. The molecule has 0 bridgehead atoms. The number of carbonyl (C=O) groups is 3. The zero-order valence-corrected chi connectivity index (χ0v) is 23.3. The Morgan fingerprint density at radius 1 is 1.29 bits per heavy atom. The highest BCUT2D eigenvalue weighted by Gasteiger charge is 2.53. The maximum atomic E-state index is 13.7. The van der Waals surface area contributed by atoms with Gasteiger partial charge >= 0.3 is 0 Å². The molecule has 3 atom stereocenters. The highest BCUT2D eigenvalue weighted by atomic mass is 32.1. The fraction of sp³-hybridized carbons (Fsp3) is 0.536. The number of hydrogen-bond donors (Lipinski definition) is 3. The Labute approximate surface area is 227 Å². The van der Waals surface area contributed by atoms with Gasteiger partial charge in [-0.3, -0.25) is 14.4 Å². The van der Waals surface area contributed by atoms with Crippen molar-refractivity contribution in [3.63, 3.8) is 0 Å². The number of nitrogens with one attached hydrogen (secondary N) is 2. The molecule has 0 unspecified atom stereocenters. The number of carbonyl (C=O) groups excluding carboxylic acids is 3. The van der Waals surface area contributed by atoms with E-state index in [9.17, 15) is 24.8 Å². The third-order valence-electron chi connectivity index (χ3n) is 7.46. The first-order valence-electron chi connectivity index (χ1n) is 12.8. The highest BCUT2D eigenvalue weighted by molar-refractivity contribution is 7.13. The smallest absolute Gasteiger partial charge is 0.246 e. The molecule has 3 N–H and O–H groups in total. The van der Waals surface area contributed by atoms with Gasteiger partial charge in [-0.1, -0.05) is 39.0 Å². The molecule has 1 aromatic heterocycles. The molecular weight excluding hydrogens is 502 g/mol. The van der Waals surface area contributed by atoms with Gasteiger partial charge in [0, 0.05) is 19.5 Å². The minimum absolute atomic E-state index is 0.00465. The topological polar surface area (TPSA) is 135 Å². The molecule has 2 heterocycles. The standard InChI is InChI=1S/C28H35N5O4S/c1-16-10-18(22-17(2)31-15-38-22)6-7-19(16)12-30-24(35)21-11-20(34)13-33(21)25(36)23(27(3,4)5)32-26(37)28(14-29)8-9-28/h6-7,10,15,20-21,23,34H,8-9,11-13H2,1-5H3,(H,30,35)(H,32,37)/t20-,21+,23-/m1/s1. The van der Waals surface area contributed by atoms with Crippen molar-refractivity contribution in [1.82, 2.24) is 20.5 Å². The Balaban J connectivity index is 1.45. The van der Waals surface area contributed by atoms with Gasteiger partial charge in [-0.15, -0.1) is 11.3 Å². The van der Waals surface area contributed by atoms with Crippen LogP contribution in [-0.2, 0) is 20.9 Å². The number of hydrogen-bond acceptors (Lipinski definition) is 7. The van der Waals surface area contributed by atoms with Crippen LogP contribution in [0, 0.1) is 36.0 Å². The number of aliphatic hydroxyl groups excluding tert-OH is 1. The Bertz CT molecular complexity index is 1290. The van der Waals surface area contributed by atoms with Crippen LogP contribution in [0.4, 0.5) is 0 Å². The molecule has 202 valence electrons. The van der Waals surface area contributed by atoms with Crippen LogP contribution >= 0.6 is 11.3 Å². The van der Waals surface area contributed by atoms with E-state index in [-0.39, 0.29) is 25.4 Å². The molecule has 4 rings (SSSR count). The minimum Gasteiger partial charge on any atom is -0.391 e. The molecule has 1 saturated carbocycles. The van der Waals surface area contributed by atoms with Crippen molar-refractivity contribution in [3.05, 3.63) is 40.5 Å². The van der Waals surface area contributed by atoms with Gasteiger partial charge in [0.05, 0.1) is 28.3 Å². The Morgan fingerprint density at radius 3 is 2.55 bits per heavy atom. The lowest BCUT2D eigenvalue weighted by atomic mass is 9.85. The number of aliphatic hydroxyl groups is 1. The molecule has 0 spiro atoms. The van der Waals surface area contributed by atoms with Crippen LogP contribution in [0.1, 0.15) is 56.9 Å². The van der Waals surface area contributed by atoms with E-state index in [1.807, 2.05) is 52.3 Å². The number of amides is 3. The second-order valence-corrected chi connectivity index (χ2v) is 12.3. The summed E-state index contributed by atoms with van der Waals surface area (Å²) in [5, 5.41) is 25.5. The molecule has 10 heteroatoms. The van der Waals surface area contributed by atoms with E-state index < -0.39 is 40.8 Å². The zero-order chi connectivity index (χ0) is 27.8. The average Bonchev–Trinajstić information content (AvgIpc) is 3.40. The highest BCUT2D eigenvalue weighted by Crippen LogP contribution is 2.45. The van der Waals surface area contributed by atoms with Crippen molar-refractivity contribution in [2.24, 2.45) is 10.8 Å². The van der Waals surface area contributed by atoms with E-state index in [0.29, 0.717) is 12.8 Å². The van der Waals surface area contributed by atoms with Crippen molar-refractivity contribution >= 4 is 29.1 Å².